The topological polar surface area (TPSA) is 92.8 Å². The average molecular weight is 455 g/mol. The number of hydrogen-bond acceptors (Lipinski definition) is 5. The largest absolute Gasteiger partial charge is 0.461 e. The van der Waals surface area contributed by atoms with Crippen LogP contribution in [-0.4, -0.2) is 53.2 Å². The lowest BCUT2D eigenvalue weighted by atomic mass is 9.98. The number of esters is 1. The van der Waals surface area contributed by atoms with Gasteiger partial charge in [0.2, 0.25) is 11.8 Å². The van der Waals surface area contributed by atoms with Crippen LogP contribution in [-0.2, 0) is 30.3 Å². The molecule has 2 aliphatic heterocycles. The second-order valence-corrected chi connectivity index (χ2v) is 9.25. The van der Waals surface area contributed by atoms with Crippen molar-refractivity contribution in [1.29, 1.82) is 0 Å². The summed E-state index contributed by atoms with van der Waals surface area (Å²) in [7, 11) is 0. The van der Waals surface area contributed by atoms with Gasteiger partial charge < -0.3 is 15.0 Å². The van der Waals surface area contributed by atoms with Crippen LogP contribution in [0.15, 0.2) is 42.0 Å². The number of hydrogen-bond donors (Lipinski definition) is 1. The molecular weight excluding hydrogens is 420 g/mol. The van der Waals surface area contributed by atoms with E-state index < -0.39 is 18.0 Å². The van der Waals surface area contributed by atoms with Gasteiger partial charge in [0, 0.05) is 13.0 Å². The Hall–Kier alpha value is -2.96. The molecule has 4 atom stereocenters. The Balaban J connectivity index is 1.89. The van der Waals surface area contributed by atoms with Gasteiger partial charge >= 0.3 is 5.97 Å². The molecular formula is C26H34N2O5. The van der Waals surface area contributed by atoms with Crippen LogP contribution in [0.3, 0.4) is 0 Å². The van der Waals surface area contributed by atoms with E-state index in [4.69, 9.17) is 4.74 Å². The number of ketones is 1. The molecule has 0 saturated carbocycles. The summed E-state index contributed by atoms with van der Waals surface area (Å²) in [6.45, 7) is 6.00. The summed E-state index contributed by atoms with van der Waals surface area (Å²) in [6.07, 6.45) is 4.19. The number of allylic oxidation sites excluding steroid dienone is 2. The van der Waals surface area contributed by atoms with Crippen LogP contribution in [0.2, 0.25) is 0 Å². The highest BCUT2D eigenvalue weighted by atomic mass is 16.5. The molecule has 2 aliphatic rings. The number of cyclic esters (lactones) is 1. The van der Waals surface area contributed by atoms with E-state index in [0.29, 0.717) is 31.4 Å². The third kappa shape index (κ3) is 6.76. The summed E-state index contributed by atoms with van der Waals surface area (Å²) in [6, 6.07) is 7.87. The molecule has 1 fully saturated rings. The number of benzene rings is 1. The van der Waals surface area contributed by atoms with Crippen LogP contribution in [0, 0.1) is 5.92 Å². The third-order valence-corrected chi connectivity index (χ3v) is 6.37. The number of rotatable bonds is 2. The van der Waals surface area contributed by atoms with Crippen molar-refractivity contribution in [3.05, 3.63) is 47.5 Å². The number of nitrogens with one attached hydrogen (secondary N) is 1. The zero-order valence-electron chi connectivity index (χ0n) is 19.7. The first-order valence-electron chi connectivity index (χ1n) is 11.8. The lowest BCUT2D eigenvalue weighted by Gasteiger charge is -2.29. The Morgan fingerprint density at radius 2 is 1.76 bits per heavy atom. The summed E-state index contributed by atoms with van der Waals surface area (Å²) >= 11 is 0. The fraction of sp³-hybridized carbons (Fsp3) is 0.538. The molecule has 0 unspecified atom stereocenters. The maximum Gasteiger partial charge on any atom is 0.329 e. The van der Waals surface area contributed by atoms with Crippen LogP contribution in [0.1, 0.15) is 58.4 Å². The van der Waals surface area contributed by atoms with E-state index in [0.717, 1.165) is 12.0 Å². The molecule has 0 spiro atoms. The van der Waals surface area contributed by atoms with Crippen molar-refractivity contribution in [2.24, 2.45) is 5.92 Å². The molecule has 0 aromatic heterocycles. The number of nitrogens with zero attached hydrogens (tertiary/aromatic N) is 1. The summed E-state index contributed by atoms with van der Waals surface area (Å²) in [5.41, 5.74) is 1.41. The van der Waals surface area contributed by atoms with E-state index in [9.17, 15) is 19.2 Å². The fourth-order valence-electron chi connectivity index (χ4n) is 4.49. The maximum absolute atomic E-state index is 13.5. The number of ether oxygens (including phenoxy) is 1. The predicted octanol–water partition coefficient (Wildman–Crippen LogP) is 2.97. The highest BCUT2D eigenvalue weighted by molar-refractivity contribution is 6.07. The molecule has 0 aliphatic carbocycles. The predicted molar refractivity (Wildman–Crippen MR) is 124 cm³/mol. The first-order chi connectivity index (χ1) is 15.7. The number of carbonyl (C=O) groups excluding carboxylic acids is 4. The van der Waals surface area contributed by atoms with Crippen molar-refractivity contribution in [3.8, 4) is 0 Å². The Bertz CT molecular complexity index is 911. The van der Waals surface area contributed by atoms with E-state index in [1.54, 1.807) is 6.92 Å². The van der Waals surface area contributed by atoms with Crippen molar-refractivity contribution in [3.63, 3.8) is 0 Å². The Kier molecular flexibility index (Phi) is 8.42. The Morgan fingerprint density at radius 3 is 2.48 bits per heavy atom. The van der Waals surface area contributed by atoms with Crippen molar-refractivity contribution < 1.29 is 23.9 Å². The lowest BCUT2D eigenvalue weighted by molar-refractivity contribution is -0.158. The molecule has 33 heavy (non-hydrogen) atoms. The minimum atomic E-state index is -0.866. The monoisotopic (exact) mass is 454 g/mol. The molecule has 1 N–H and O–H groups in total. The van der Waals surface area contributed by atoms with E-state index in [-0.39, 0.29) is 42.5 Å². The Morgan fingerprint density at radius 1 is 1.03 bits per heavy atom. The van der Waals surface area contributed by atoms with Crippen molar-refractivity contribution in [2.45, 2.75) is 77.5 Å². The minimum absolute atomic E-state index is 0.112. The SMILES string of the molecule is C/C1=C\[C@H](C)CC[C@@H](C)OC(=O)[C@@H]2CCCN2C(=O)[C@H](Cc2ccccc2)NC(=O)CC1=O. The summed E-state index contributed by atoms with van der Waals surface area (Å²) in [5.74, 6) is -1.34. The zero-order valence-corrected chi connectivity index (χ0v) is 19.7. The van der Waals surface area contributed by atoms with Gasteiger partial charge in [-0.1, -0.05) is 43.3 Å². The Labute approximate surface area is 195 Å². The maximum atomic E-state index is 13.5. The molecule has 7 heteroatoms. The molecule has 1 aromatic rings. The zero-order chi connectivity index (χ0) is 24.0. The highest BCUT2D eigenvalue weighted by Crippen LogP contribution is 2.23. The molecule has 1 aromatic carbocycles. The van der Waals surface area contributed by atoms with Gasteiger partial charge in [0.05, 0.1) is 12.5 Å². The second kappa shape index (κ2) is 11.3. The third-order valence-electron chi connectivity index (χ3n) is 6.37. The molecule has 3 rings (SSSR count). The molecule has 0 radical (unpaired) electrons. The van der Waals surface area contributed by atoms with Crippen molar-refractivity contribution >= 4 is 23.6 Å². The quantitative estimate of drug-likeness (QED) is 0.548. The number of amides is 2. The molecule has 2 amide bonds. The lowest BCUT2D eigenvalue weighted by Crippen LogP contribution is -2.53. The van der Waals surface area contributed by atoms with Crippen molar-refractivity contribution in [2.75, 3.05) is 6.54 Å². The summed E-state index contributed by atoms with van der Waals surface area (Å²) < 4.78 is 5.68. The summed E-state index contributed by atoms with van der Waals surface area (Å²) in [5, 5.41) is 2.77. The average Bonchev–Trinajstić information content (AvgIpc) is 3.27. The minimum Gasteiger partial charge on any atom is -0.461 e. The standard InChI is InChI=1S/C26H34N2O5/c1-17-11-12-19(3)33-26(32)22-10-7-13-28(22)25(31)21(15-20-8-5-4-6-9-20)27-24(30)16-23(29)18(2)14-17/h4-6,8-9,14,17,19,21-22H,7,10-13,15-16H2,1-3H3,(H,27,30)/b18-14+/t17-,19-,21+,22+/m1/s1. The molecule has 0 bridgehead atoms. The normalized spacial score (nSPS) is 29.7. The number of carbonyl (C=O) groups is 4. The summed E-state index contributed by atoms with van der Waals surface area (Å²) in [4.78, 5) is 53.3. The first-order valence-corrected chi connectivity index (χ1v) is 11.8. The van der Waals surface area contributed by atoms with Crippen LogP contribution in [0.25, 0.3) is 0 Å². The highest BCUT2D eigenvalue weighted by Gasteiger charge is 2.39. The van der Waals surface area contributed by atoms with Gasteiger partial charge in [-0.25, -0.2) is 4.79 Å². The van der Waals surface area contributed by atoms with Crippen LogP contribution in [0.4, 0.5) is 0 Å². The van der Waals surface area contributed by atoms with Gasteiger partial charge in [0.1, 0.15) is 12.1 Å². The first kappa shape index (κ1) is 24.7. The van der Waals surface area contributed by atoms with Gasteiger partial charge in [-0.05, 0) is 56.6 Å². The van der Waals surface area contributed by atoms with Crippen LogP contribution < -0.4 is 5.32 Å². The van der Waals surface area contributed by atoms with Gasteiger partial charge in [-0.2, -0.15) is 0 Å². The number of fused-ring (bicyclic) bond motifs is 1. The molecule has 1 saturated heterocycles. The van der Waals surface area contributed by atoms with Crippen LogP contribution in [0.5, 0.6) is 0 Å². The molecule has 178 valence electrons. The van der Waals surface area contributed by atoms with E-state index >= 15 is 0 Å². The number of Topliss-reactive ketones (excluding diaryl/α,β-unsaturated/α-hetero) is 1. The van der Waals surface area contributed by atoms with E-state index in [1.165, 1.54) is 4.90 Å². The smallest absolute Gasteiger partial charge is 0.329 e. The van der Waals surface area contributed by atoms with Gasteiger partial charge in [-0.3, -0.25) is 14.4 Å². The van der Waals surface area contributed by atoms with Gasteiger partial charge in [0.25, 0.3) is 0 Å². The van der Waals surface area contributed by atoms with Crippen molar-refractivity contribution in [1.82, 2.24) is 10.2 Å². The van der Waals surface area contributed by atoms with Crippen LogP contribution >= 0.6 is 0 Å². The van der Waals surface area contributed by atoms with Gasteiger partial charge in [-0.15, -0.1) is 0 Å². The van der Waals surface area contributed by atoms with Gasteiger partial charge in [0.15, 0.2) is 5.78 Å². The molecule has 2 heterocycles. The van der Waals surface area contributed by atoms with E-state index in [1.807, 2.05) is 50.3 Å². The van der Waals surface area contributed by atoms with E-state index in [2.05, 4.69) is 5.32 Å². The second-order valence-electron chi connectivity index (χ2n) is 9.25. The molecule has 7 nitrogen and oxygen atoms in total. The fourth-order valence-corrected chi connectivity index (χ4v) is 4.49.